The summed E-state index contributed by atoms with van der Waals surface area (Å²) in [5.41, 5.74) is 3.57. The first-order valence-corrected chi connectivity index (χ1v) is 12.2. The second kappa shape index (κ2) is 9.70. The SMILES string of the molecule is CC(C)c1c(C2CCCN2)cnc2c(F)cc(-c3nc(N[C@@H]4CCOC[C@H]4O)ncc3Cl)cc12. The predicted octanol–water partition coefficient (Wildman–Crippen LogP) is 4.59. The third-order valence-electron chi connectivity index (χ3n) is 6.67. The maximum atomic E-state index is 15.3. The molecule has 180 valence electrons. The molecule has 9 heteroatoms. The quantitative estimate of drug-likeness (QED) is 0.486. The Balaban J connectivity index is 1.59. The van der Waals surface area contributed by atoms with Gasteiger partial charge in [0.15, 0.2) is 0 Å². The molecular weight excluding hydrogens is 457 g/mol. The highest BCUT2D eigenvalue weighted by molar-refractivity contribution is 6.33. The van der Waals surface area contributed by atoms with E-state index in [1.807, 2.05) is 12.3 Å². The predicted molar refractivity (Wildman–Crippen MR) is 131 cm³/mol. The molecule has 0 spiro atoms. The minimum atomic E-state index is -0.656. The van der Waals surface area contributed by atoms with Crippen molar-refractivity contribution >= 4 is 28.5 Å². The number of anilines is 1. The fourth-order valence-electron chi connectivity index (χ4n) is 5.00. The number of rotatable bonds is 5. The summed E-state index contributed by atoms with van der Waals surface area (Å²) in [6.07, 6.45) is 5.46. The summed E-state index contributed by atoms with van der Waals surface area (Å²) in [5, 5.41) is 18.0. The van der Waals surface area contributed by atoms with E-state index in [9.17, 15) is 5.11 Å². The van der Waals surface area contributed by atoms with E-state index >= 15 is 4.39 Å². The summed E-state index contributed by atoms with van der Waals surface area (Å²) in [6.45, 7) is 6.03. The molecule has 34 heavy (non-hydrogen) atoms. The Labute approximate surface area is 203 Å². The van der Waals surface area contributed by atoms with Crippen molar-refractivity contribution < 1.29 is 14.2 Å². The molecule has 0 radical (unpaired) electrons. The zero-order valence-electron chi connectivity index (χ0n) is 19.3. The van der Waals surface area contributed by atoms with Gasteiger partial charge in [-0.2, -0.15) is 0 Å². The Morgan fingerprint density at radius 1 is 1.24 bits per heavy atom. The molecule has 2 aliphatic heterocycles. The molecule has 0 aliphatic carbocycles. The van der Waals surface area contributed by atoms with Crippen LogP contribution in [-0.2, 0) is 4.74 Å². The number of pyridine rings is 1. The number of aromatic nitrogens is 3. The summed E-state index contributed by atoms with van der Waals surface area (Å²) in [6, 6.07) is 3.36. The number of hydrogen-bond donors (Lipinski definition) is 3. The molecular formula is C25H29ClFN5O2. The average molecular weight is 486 g/mol. The molecule has 0 saturated carbocycles. The van der Waals surface area contributed by atoms with Crippen LogP contribution in [0.4, 0.5) is 10.3 Å². The lowest BCUT2D eigenvalue weighted by Crippen LogP contribution is -2.42. The van der Waals surface area contributed by atoms with Crippen molar-refractivity contribution in [1.82, 2.24) is 20.3 Å². The topological polar surface area (TPSA) is 92.2 Å². The van der Waals surface area contributed by atoms with E-state index in [0.717, 1.165) is 35.9 Å². The van der Waals surface area contributed by atoms with Gasteiger partial charge >= 0.3 is 0 Å². The molecule has 0 amide bonds. The molecule has 4 heterocycles. The van der Waals surface area contributed by atoms with Crippen molar-refractivity contribution in [3.05, 3.63) is 46.5 Å². The number of ether oxygens (including phenoxy) is 1. The summed E-state index contributed by atoms with van der Waals surface area (Å²) in [5.74, 6) is 0.104. The van der Waals surface area contributed by atoms with E-state index in [0.29, 0.717) is 40.8 Å². The molecule has 7 nitrogen and oxygen atoms in total. The fraction of sp³-hybridized carbons (Fsp3) is 0.480. The van der Waals surface area contributed by atoms with Crippen molar-refractivity contribution in [2.24, 2.45) is 0 Å². The van der Waals surface area contributed by atoms with Crippen molar-refractivity contribution in [3.8, 4) is 11.3 Å². The maximum absolute atomic E-state index is 15.3. The van der Waals surface area contributed by atoms with Gasteiger partial charge in [0.25, 0.3) is 0 Å². The minimum absolute atomic E-state index is 0.186. The number of nitrogens with zero attached hydrogens (tertiary/aromatic N) is 3. The molecule has 3 atom stereocenters. The van der Waals surface area contributed by atoms with E-state index in [-0.39, 0.29) is 24.6 Å². The van der Waals surface area contributed by atoms with Crippen LogP contribution in [0, 0.1) is 5.82 Å². The maximum Gasteiger partial charge on any atom is 0.223 e. The van der Waals surface area contributed by atoms with Gasteiger partial charge in [-0.1, -0.05) is 25.4 Å². The molecule has 0 bridgehead atoms. The molecule has 3 N–H and O–H groups in total. The lowest BCUT2D eigenvalue weighted by molar-refractivity contribution is -0.0136. The zero-order chi connectivity index (χ0) is 23.8. The number of aliphatic hydroxyl groups excluding tert-OH is 1. The average Bonchev–Trinajstić information content (AvgIpc) is 3.35. The van der Waals surface area contributed by atoms with E-state index < -0.39 is 11.9 Å². The highest BCUT2D eigenvalue weighted by atomic mass is 35.5. The Bertz CT molecular complexity index is 1200. The highest BCUT2D eigenvalue weighted by Crippen LogP contribution is 2.38. The van der Waals surface area contributed by atoms with Crippen LogP contribution in [0.15, 0.2) is 24.5 Å². The summed E-state index contributed by atoms with van der Waals surface area (Å²) < 4.78 is 20.6. The fourth-order valence-corrected chi connectivity index (χ4v) is 5.20. The number of halogens is 2. The second-order valence-corrected chi connectivity index (χ2v) is 9.76. The Morgan fingerprint density at radius 3 is 2.82 bits per heavy atom. The number of aliphatic hydroxyl groups is 1. The molecule has 5 rings (SSSR count). The molecule has 3 aromatic rings. The molecule has 2 saturated heterocycles. The van der Waals surface area contributed by atoms with E-state index in [1.165, 1.54) is 12.3 Å². The van der Waals surface area contributed by atoms with Crippen molar-refractivity contribution in [2.45, 2.75) is 57.2 Å². The number of nitrogens with one attached hydrogen (secondary N) is 2. The van der Waals surface area contributed by atoms with E-state index in [4.69, 9.17) is 16.3 Å². The van der Waals surface area contributed by atoms with Crippen molar-refractivity contribution in [3.63, 3.8) is 0 Å². The standard InChI is InChI=1S/C25H29ClFN5O2/c1-13(2)22-15-8-14(9-18(27)24(15)29-10-16(22)19-4-3-6-28-19)23-17(26)11-30-25(32-23)31-20-5-7-34-12-21(20)33/h8-11,13,19-21,28,33H,3-7,12H2,1-2H3,(H,30,31,32)/t19?,20-,21-/m1/s1. The van der Waals surface area contributed by atoms with Crippen LogP contribution < -0.4 is 10.6 Å². The van der Waals surface area contributed by atoms with Crippen LogP contribution in [0.2, 0.25) is 5.02 Å². The van der Waals surface area contributed by atoms with Gasteiger partial charge in [0.2, 0.25) is 5.95 Å². The highest BCUT2D eigenvalue weighted by Gasteiger charge is 2.26. The lowest BCUT2D eigenvalue weighted by Gasteiger charge is -2.28. The molecule has 1 aromatic carbocycles. The van der Waals surface area contributed by atoms with Crippen LogP contribution in [0.1, 0.15) is 56.2 Å². The number of hydrogen-bond acceptors (Lipinski definition) is 7. The number of benzene rings is 1. The van der Waals surface area contributed by atoms with Gasteiger partial charge in [0, 0.05) is 29.8 Å². The molecule has 2 aliphatic rings. The van der Waals surface area contributed by atoms with Crippen molar-refractivity contribution in [1.29, 1.82) is 0 Å². The largest absolute Gasteiger partial charge is 0.389 e. The van der Waals surface area contributed by atoms with Crippen LogP contribution in [0.25, 0.3) is 22.2 Å². The number of fused-ring (bicyclic) bond motifs is 1. The first kappa shape index (κ1) is 23.4. The Kier molecular flexibility index (Phi) is 6.66. The van der Waals surface area contributed by atoms with Gasteiger partial charge in [0.05, 0.1) is 35.7 Å². The van der Waals surface area contributed by atoms with E-state index in [2.05, 4.69) is 39.4 Å². The normalized spacial score (nSPS) is 23.1. The third kappa shape index (κ3) is 4.47. The third-order valence-corrected chi connectivity index (χ3v) is 6.95. The zero-order valence-corrected chi connectivity index (χ0v) is 20.1. The second-order valence-electron chi connectivity index (χ2n) is 9.36. The monoisotopic (exact) mass is 485 g/mol. The minimum Gasteiger partial charge on any atom is -0.389 e. The first-order valence-electron chi connectivity index (χ1n) is 11.8. The Morgan fingerprint density at radius 2 is 2.09 bits per heavy atom. The summed E-state index contributed by atoms with van der Waals surface area (Å²) >= 11 is 6.47. The van der Waals surface area contributed by atoms with Crippen LogP contribution in [-0.4, -0.2) is 52.0 Å². The van der Waals surface area contributed by atoms with Gasteiger partial charge < -0.3 is 20.5 Å². The van der Waals surface area contributed by atoms with Gasteiger partial charge in [-0.15, -0.1) is 0 Å². The van der Waals surface area contributed by atoms with Gasteiger partial charge in [-0.3, -0.25) is 4.98 Å². The lowest BCUT2D eigenvalue weighted by atomic mass is 9.89. The van der Waals surface area contributed by atoms with Gasteiger partial charge in [-0.05, 0) is 55.0 Å². The van der Waals surface area contributed by atoms with Crippen LogP contribution in [0.3, 0.4) is 0 Å². The summed E-state index contributed by atoms with van der Waals surface area (Å²) in [4.78, 5) is 13.4. The summed E-state index contributed by atoms with van der Waals surface area (Å²) in [7, 11) is 0. The van der Waals surface area contributed by atoms with Gasteiger partial charge in [0.1, 0.15) is 11.3 Å². The van der Waals surface area contributed by atoms with E-state index in [1.54, 1.807) is 0 Å². The first-order chi connectivity index (χ1) is 16.4. The van der Waals surface area contributed by atoms with Crippen LogP contribution >= 0.6 is 11.6 Å². The molecule has 1 unspecified atom stereocenters. The van der Waals surface area contributed by atoms with Crippen LogP contribution in [0.5, 0.6) is 0 Å². The Hall–Kier alpha value is -2.39. The van der Waals surface area contributed by atoms with Gasteiger partial charge in [-0.25, -0.2) is 14.4 Å². The van der Waals surface area contributed by atoms with Crippen molar-refractivity contribution in [2.75, 3.05) is 25.1 Å². The molecule has 2 aromatic heterocycles. The smallest absolute Gasteiger partial charge is 0.223 e. The molecule has 2 fully saturated rings.